The first kappa shape index (κ1) is 22.0. The molecule has 3 aliphatic carbocycles. The van der Waals surface area contributed by atoms with E-state index in [1.165, 1.54) is 70.6 Å². The van der Waals surface area contributed by atoms with E-state index in [0.717, 1.165) is 54.3 Å². The van der Waals surface area contributed by atoms with Gasteiger partial charge in [0.25, 0.3) is 0 Å². The minimum absolute atomic E-state index is 0.734. The second kappa shape index (κ2) is 10.9. The van der Waals surface area contributed by atoms with Crippen LogP contribution < -0.4 is 4.74 Å². The van der Waals surface area contributed by atoms with Gasteiger partial charge in [0.15, 0.2) is 0 Å². The second-order valence-corrected chi connectivity index (χ2v) is 10.7. The van der Waals surface area contributed by atoms with Crippen molar-refractivity contribution in [1.29, 1.82) is 0 Å². The van der Waals surface area contributed by atoms with Crippen LogP contribution in [0.3, 0.4) is 0 Å². The summed E-state index contributed by atoms with van der Waals surface area (Å²) in [5.74, 6) is 6.95. The van der Waals surface area contributed by atoms with Crippen LogP contribution in [0.15, 0.2) is 36.9 Å². The lowest BCUT2D eigenvalue weighted by molar-refractivity contribution is 0.0712. The van der Waals surface area contributed by atoms with Crippen LogP contribution in [0.4, 0.5) is 0 Å². The molecule has 0 amide bonds. The number of benzene rings is 1. The van der Waals surface area contributed by atoms with Crippen molar-refractivity contribution >= 4 is 0 Å². The van der Waals surface area contributed by atoms with Gasteiger partial charge in [-0.05, 0) is 111 Å². The van der Waals surface area contributed by atoms with Gasteiger partial charge in [-0.2, -0.15) is 0 Å². The Hall–Kier alpha value is -1.24. The molecule has 1 aromatic carbocycles. The molecule has 3 saturated carbocycles. The third kappa shape index (κ3) is 5.51. The topological polar surface area (TPSA) is 9.23 Å². The van der Waals surface area contributed by atoms with E-state index in [1.807, 2.05) is 6.08 Å². The molecule has 30 heavy (non-hydrogen) atoms. The molecule has 0 aromatic heterocycles. The highest BCUT2D eigenvalue weighted by molar-refractivity contribution is 5.30. The minimum atomic E-state index is 0.734. The molecule has 0 saturated heterocycles. The van der Waals surface area contributed by atoms with Gasteiger partial charge in [0.05, 0.1) is 6.61 Å². The maximum Gasteiger partial charge on any atom is 0.119 e. The van der Waals surface area contributed by atoms with E-state index in [2.05, 4.69) is 37.8 Å². The molecule has 1 nitrogen and oxygen atoms in total. The second-order valence-electron chi connectivity index (χ2n) is 10.7. The smallest absolute Gasteiger partial charge is 0.119 e. The Labute approximate surface area is 185 Å². The van der Waals surface area contributed by atoms with E-state index >= 15 is 0 Å². The van der Waals surface area contributed by atoms with E-state index in [-0.39, 0.29) is 0 Å². The van der Waals surface area contributed by atoms with Crippen molar-refractivity contribution in [3.63, 3.8) is 0 Å². The summed E-state index contributed by atoms with van der Waals surface area (Å²) in [5.41, 5.74) is 1.54. The Morgan fingerprint density at radius 2 is 1.47 bits per heavy atom. The predicted octanol–water partition coefficient (Wildman–Crippen LogP) is 8.55. The summed E-state index contributed by atoms with van der Waals surface area (Å²) in [6.07, 6.45) is 20.7. The zero-order valence-corrected chi connectivity index (χ0v) is 19.4. The molecule has 1 aromatic rings. The quantitative estimate of drug-likeness (QED) is 0.309. The molecular weight excluding hydrogens is 364 g/mol. The first-order valence-electron chi connectivity index (χ1n) is 13.1. The molecule has 0 N–H and O–H groups in total. The number of ether oxygens (including phenoxy) is 1. The lowest BCUT2D eigenvalue weighted by atomic mass is 9.60. The van der Waals surface area contributed by atoms with E-state index in [0.29, 0.717) is 0 Å². The van der Waals surface area contributed by atoms with Crippen molar-refractivity contribution in [1.82, 2.24) is 0 Å². The van der Waals surface area contributed by atoms with Crippen LogP contribution in [0.25, 0.3) is 0 Å². The molecule has 0 heterocycles. The van der Waals surface area contributed by atoms with Gasteiger partial charge in [-0.1, -0.05) is 50.8 Å². The molecule has 3 aliphatic rings. The fourth-order valence-corrected chi connectivity index (χ4v) is 7.11. The minimum Gasteiger partial charge on any atom is -0.493 e. The first-order chi connectivity index (χ1) is 14.8. The summed E-state index contributed by atoms with van der Waals surface area (Å²) in [4.78, 5) is 0. The van der Waals surface area contributed by atoms with Gasteiger partial charge < -0.3 is 4.74 Å². The Morgan fingerprint density at radius 1 is 0.833 bits per heavy atom. The number of hydrogen-bond acceptors (Lipinski definition) is 1. The molecule has 0 radical (unpaired) electrons. The van der Waals surface area contributed by atoms with Crippen LogP contribution in [-0.2, 0) is 0 Å². The molecular formula is C29H44O. The van der Waals surface area contributed by atoms with Gasteiger partial charge in [-0.25, -0.2) is 0 Å². The standard InChI is InChI=1S/C29H44O/c1-3-5-19-30-29-17-15-24(16-18-29)26-12-14-27-20-25(11-13-28(27)21-26)23-9-7-22(6-4-2)8-10-23/h3,15-18,22-23,25-28H,1,4-14,19-21H2,2H3. The largest absolute Gasteiger partial charge is 0.493 e. The Morgan fingerprint density at radius 3 is 2.17 bits per heavy atom. The first-order valence-corrected chi connectivity index (χ1v) is 13.1. The molecule has 4 unspecified atom stereocenters. The predicted molar refractivity (Wildman–Crippen MR) is 128 cm³/mol. The summed E-state index contributed by atoms with van der Waals surface area (Å²) in [6.45, 7) is 6.85. The molecule has 0 spiro atoms. The average molecular weight is 409 g/mol. The Kier molecular flexibility index (Phi) is 7.96. The van der Waals surface area contributed by atoms with Gasteiger partial charge in [-0.15, -0.1) is 6.58 Å². The average Bonchev–Trinajstić information content (AvgIpc) is 2.80. The highest BCUT2D eigenvalue weighted by Gasteiger charge is 2.38. The van der Waals surface area contributed by atoms with Gasteiger partial charge in [0, 0.05) is 0 Å². The summed E-state index contributed by atoms with van der Waals surface area (Å²) < 4.78 is 5.79. The number of rotatable bonds is 8. The monoisotopic (exact) mass is 408 g/mol. The molecule has 0 aliphatic heterocycles. The van der Waals surface area contributed by atoms with Crippen LogP contribution in [0.1, 0.15) is 102 Å². The maximum atomic E-state index is 5.79. The van der Waals surface area contributed by atoms with E-state index < -0.39 is 0 Å². The molecule has 4 rings (SSSR count). The fourth-order valence-electron chi connectivity index (χ4n) is 7.11. The van der Waals surface area contributed by atoms with Crippen molar-refractivity contribution in [3.8, 4) is 5.75 Å². The highest BCUT2D eigenvalue weighted by Crippen LogP contribution is 2.51. The van der Waals surface area contributed by atoms with E-state index in [1.54, 1.807) is 12.0 Å². The fraction of sp³-hybridized carbons (Fsp3) is 0.724. The van der Waals surface area contributed by atoms with Crippen LogP contribution in [-0.4, -0.2) is 6.61 Å². The van der Waals surface area contributed by atoms with Crippen LogP contribution in [0.2, 0.25) is 0 Å². The maximum absolute atomic E-state index is 5.79. The van der Waals surface area contributed by atoms with Crippen LogP contribution in [0.5, 0.6) is 5.75 Å². The summed E-state index contributed by atoms with van der Waals surface area (Å²) >= 11 is 0. The lowest BCUT2D eigenvalue weighted by Crippen LogP contribution is -2.34. The third-order valence-electron chi connectivity index (χ3n) is 8.85. The zero-order valence-electron chi connectivity index (χ0n) is 19.4. The van der Waals surface area contributed by atoms with Gasteiger partial charge in [0.1, 0.15) is 5.75 Å². The van der Waals surface area contributed by atoms with E-state index in [9.17, 15) is 0 Å². The molecule has 0 bridgehead atoms. The molecule has 1 heteroatoms. The summed E-state index contributed by atoms with van der Waals surface area (Å²) in [5, 5.41) is 0. The number of hydrogen-bond donors (Lipinski definition) is 0. The van der Waals surface area contributed by atoms with E-state index in [4.69, 9.17) is 4.74 Å². The van der Waals surface area contributed by atoms with Crippen molar-refractivity contribution in [2.24, 2.45) is 29.6 Å². The SMILES string of the molecule is C=CCCOc1ccc(C2CCC3CC(C4CCC(CCC)CC4)CCC3C2)cc1. The summed E-state index contributed by atoms with van der Waals surface area (Å²) in [6, 6.07) is 9.01. The van der Waals surface area contributed by atoms with Crippen LogP contribution >= 0.6 is 0 Å². The van der Waals surface area contributed by atoms with Crippen molar-refractivity contribution in [2.45, 2.75) is 96.3 Å². The summed E-state index contributed by atoms with van der Waals surface area (Å²) in [7, 11) is 0. The Bertz CT molecular complexity index is 639. The Balaban J connectivity index is 1.25. The van der Waals surface area contributed by atoms with Gasteiger partial charge in [0.2, 0.25) is 0 Å². The van der Waals surface area contributed by atoms with Crippen LogP contribution in [0, 0.1) is 29.6 Å². The third-order valence-corrected chi connectivity index (χ3v) is 8.85. The normalized spacial score (nSPS) is 34.2. The number of fused-ring (bicyclic) bond motifs is 1. The lowest BCUT2D eigenvalue weighted by Gasteiger charge is -2.45. The highest BCUT2D eigenvalue weighted by atomic mass is 16.5. The molecule has 4 atom stereocenters. The van der Waals surface area contributed by atoms with Crippen molar-refractivity contribution in [3.05, 3.63) is 42.5 Å². The van der Waals surface area contributed by atoms with Crippen molar-refractivity contribution < 1.29 is 4.74 Å². The van der Waals surface area contributed by atoms with Gasteiger partial charge >= 0.3 is 0 Å². The molecule has 3 fully saturated rings. The van der Waals surface area contributed by atoms with Crippen molar-refractivity contribution in [2.75, 3.05) is 6.61 Å². The van der Waals surface area contributed by atoms with Gasteiger partial charge in [-0.3, -0.25) is 0 Å². The zero-order chi connectivity index (χ0) is 20.8. The molecule has 166 valence electrons.